The molecule has 0 bridgehead atoms. The van der Waals surface area contributed by atoms with E-state index in [9.17, 15) is 4.79 Å². The van der Waals surface area contributed by atoms with Crippen molar-refractivity contribution in [1.29, 1.82) is 0 Å². The Morgan fingerprint density at radius 3 is 2.42 bits per heavy atom. The summed E-state index contributed by atoms with van der Waals surface area (Å²) in [6.07, 6.45) is 3.50. The Bertz CT molecular complexity index is 1230. The van der Waals surface area contributed by atoms with E-state index in [0.717, 1.165) is 39.4 Å². The molecule has 4 aromatic rings. The molecule has 33 heavy (non-hydrogen) atoms. The van der Waals surface area contributed by atoms with Crippen LogP contribution in [0.2, 0.25) is 0 Å². The van der Waals surface area contributed by atoms with Gasteiger partial charge in [0, 0.05) is 31.0 Å². The van der Waals surface area contributed by atoms with Gasteiger partial charge in [-0.2, -0.15) is 0 Å². The first-order chi connectivity index (χ1) is 16.1. The van der Waals surface area contributed by atoms with Gasteiger partial charge >= 0.3 is 0 Å². The Labute approximate surface area is 190 Å². The van der Waals surface area contributed by atoms with Gasteiger partial charge in [0.05, 0.1) is 36.5 Å². The van der Waals surface area contributed by atoms with Crippen molar-refractivity contribution in [2.75, 3.05) is 32.9 Å². The van der Waals surface area contributed by atoms with Crippen molar-refractivity contribution < 1.29 is 18.8 Å². The lowest BCUT2D eigenvalue weighted by molar-refractivity contribution is 0.0291. The molecule has 0 radical (unpaired) electrons. The molecular formula is C24H25N5O4. The molecule has 1 fully saturated rings. The summed E-state index contributed by atoms with van der Waals surface area (Å²) in [5.74, 6) is 1.89. The molecule has 1 aromatic carbocycles. The number of nitrogens with zero attached hydrogens (tertiary/aromatic N) is 5. The van der Waals surface area contributed by atoms with Crippen molar-refractivity contribution in [2.45, 2.75) is 20.4 Å². The molecule has 0 unspecified atom stereocenters. The minimum absolute atomic E-state index is 0.0544. The number of aromatic nitrogens is 4. The van der Waals surface area contributed by atoms with Crippen LogP contribution in [0.15, 0.2) is 47.2 Å². The van der Waals surface area contributed by atoms with E-state index in [1.807, 2.05) is 48.7 Å². The molecule has 2 aliphatic rings. The number of carbonyl (C=O) groups is 1. The van der Waals surface area contributed by atoms with E-state index in [4.69, 9.17) is 14.0 Å². The molecular weight excluding hydrogens is 422 g/mol. The van der Waals surface area contributed by atoms with E-state index in [0.29, 0.717) is 45.3 Å². The van der Waals surface area contributed by atoms with Crippen molar-refractivity contribution in [2.24, 2.45) is 0 Å². The second kappa shape index (κ2) is 9.03. The van der Waals surface area contributed by atoms with E-state index in [2.05, 4.69) is 15.1 Å². The average molecular weight is 447 g/mol. The summed E-state index contributed by atoms with van der Waals surface area (Å²) < 4.78 is 18.7. The number of imidazole rings is 1. The third kappa shape index (κ3) is 3.95. The number of benzene rings is 1. The summed E-state index contributed by atoms with van der Waals surface area (Å²) in [5.41, 5.74) is 4.28. The van der Waals surface area contributed by atoms with Gasteiger partial charge in [0.2, 0.25) is 0 Å². The molecule has 170 valence electrons. The van der Waals surface area contributed by atoms with Gasteiger partial charge in [-0.05, 0) is 38.1 Å². The van der Waals surface area contributed by atoms with E-state index in [-0.39, 0.29) is 5.91 Å². The standard InChI is InChI=1S/C19H20N4O4.C5H5N/c1-11-15(12(2)27-21-11)13-3-4-14-16-17(13)26-10-7-23(16)18(20-14)19(24)22-5-8-25-9-6-22;1-2-4-6-5-3-1/h3-4H,5-10H2,1-2H3;1-5H. The lowest BCUT2D eigenvalue weighted by Gasteiger charge is -2.27. The molecule has 3 aromatic heterocycles. The van der Waals surface area contributed by atoms with Gasteiger partial charge in [-0.1, -0.05) is 11.2 Å². The smallest absolute Gasteiger partial charge is 0.290 e. The maximum absolute atomic E-state index is 13.0. The average Bonchev–Trinajstić information content (AvgIpc) is 3.42. The second-order valence-corrected chi connectivity index (χ2v) is 7.87. The van der Waals surface area contributed by atoms with Gasteiger partial charge in [-0.3, -0.25) is 9.78 Å². The van der Waals surface area contributed by atoms with Gasteiger partial charge in [-0.15, -0.1) is 0 Å². The third-order valence-corrected chi connectivity index (χ3v) is 5.78. The molecule has 2 aliphatic heterocycles. The second-order valence-electron chi connectivity index (χ2n) is 7.87. The third-order valence-electron chi connectivity index (χ3n) is 5.78. The van der Waals surface area contributed by atoms with E-state index >= 15 is 0 Å². The predicted octanol–water partition coefficient (Wildman–Crippen LogP) is 3.25. The number of rotatable bonds is 2. The summed E-state index contributed by atoms with van der Waals surface area (Å²) in [6, 6.07) is 9.62. The van der Waals surface area contributed by atoms with E-state index in [1.54, 1.807) is 17.3 Å². The monoisotopic (exact) mass is 447 g/mol. The Morgan fingerprint density at radius 2 is 1.79 bits per heavy atom. The lowest BCUT2D eigenvalue weighted by atomic mass is 10.0. The highest BCUT2D eigenvalue weighted by molar-refractivity contribution is 5.99. The molecule has 0 N–H and O–H groups in total. The maximum atomic E-state index is 13.0. The van der Waals surface area contributed by atoms with Crippen LogP contribution in [0.4, 0.5) is 0 Å². The topological polar surface area (TPSA) is 95.5 Å². The van der Waals surface area contributed by atoms with E-state index in [1.165, 1.54) is 0 Å². The molecule has 1 amide bonds. The van der Waals surface area contributed by atoms with Gasteiger partial charge in [-0.25, -0.2) is 4.98 Å². The van der Waals surface area contributed by atoms with E-state index < -0.39 is 0 Å². The maximum Gasteiger partial charge on any atom is 0.290 e. The van der Waals surface area contributed by atoms with Crippen molar-refractivity contribution in [3.63, 3.8) is 0 Å². The molecule has 6 rings (SSSR count). The van der Waals surface area contributed by atoms with Crippen LogP contribution in [0.3, 0.4) is 0 Å². The van der Waals surface area contributed by atoms with Crippen molar-refractivity contribution in [3.05, 3.63) is 60.0 Å². The number of carbonyl (C=O) groups excluding carboxylic acids is 1. The molecule has 0 aliphatic carbocycles. The van der Waals surface area contributed by atoms with Crippen LogP contribution in [0.5, 0.6) is 5.75 Å². The van der Waals surface area contributed by atoms with Crippen molar-refractivity contribution in [3.8, 4) is 16.9 Å². The molecule has 0 spiro atoms. The number of ether oxygens (including phenoxy) is 2. The fourth-order valence-electron chi connectivity index (χ4n) is 4.24. The molecule has 0 saturated carbocycles. The van der Waals surface area contributed by atoms with Crippen LogP contribution in [-0.2, 0) is 11.3 Å². The molecule has 9 heteroatoms. The first-order valence-corrected chi connectivity index (χ1v) is 11.0. The number of morpholine rings is 1. The summed E-state index contributed by atoms with van der Waals surface area (Å²) >= 11 is 0. The van der Waals surface area contributed by atoms with Crippen LogP contribution in [-0.4, -0.2) is 63.4 Å². The number of aryl methyl sites for hydroxylation is 2. The Kier molecular flexibility index (Phi) is 5.78. The number of hydrogen-bond donors (Lipinski definition) is 0. The minimum Gasteiger partial charge on any atom is -0.489 e. The van der Waals surface area contributed by atoms with Gasteiger partial charge < -0.3 is 23.5 Å². The SMILES string of the molecule is Cc1noc(C)c1-c1ccc2nc(C(=O)N3CCOCC3)n3c2c1OCC3.c1ccncc1. The van der Waals surface area contributed by atoms with Crippen LogP contribution in [0.25, 0.3) is 22.2 Å². The minimum atomic E-state index is -0.0544. The Balaban J connectivity index is 0.000000332. The normalized spacial score (nSPS) is 15.0. The number of pyridine rings is 1. The van der Waals surface area contributed by atoms with Crippen LogP contribution in [0, 0.1) is 13.8 Å². The van der Waals surface area contributed by atoms with Gasteiger partial charge in [0.15, 0.2) is 11.6 Å². The first kappa shape index (κ1) is 21.1. The fraction of sp³-hybridized carbons (Fsp3) is 0.333. The zero-order chi connectivity index (χ0) is 22.8. The molecule has 5 heterocycles. The van der Waals surface area contributed by atoms with Crippen LogP contribution >= 0.6 is 0 Å². The Morgan fingerprint density at radius 1 is 1.00 bits per heavy atom. The molecule has 1 saturated heterocycles. The predicted molar refractivity (Wildman–Crippen MR) is 121 cm³/mol. The zero-order valence-electron chi connectivity index (χ0n) is 18.7. The lowest BCUT2D eigenvalue weighted by Crippen LogP contribution is -2.42. The summed E-state index contributed by atoms with van der Waals surface area (Å²) in [7, 11) is 0. The highest BCUT2D eigenvalue weighted by Gasteiger charge is 2.30. The quantitative estimate of drug-likeness (QED) is 0.465. The van der Waals surface area contributed by atoms with Crippen LogP contribution in [0.1, 0.15) is 22.1 Å². The fourth-order valence-corrected chi connectivity index (χ4v) is 4.24. The summed E-state index contributed by atoms with van der Waals surface area (Å²) in [4.78, 5) is 23.3. The largest absolute Gasteiger partial charge is 0.489 e. The number of amides is 1. The summed E-state index contributed by atoms with van der Waals surface area (Å²) in [5, 5.41) is 4.06. The van der Waals surface area contributed by atoms with Crippen LogP contribution < -0.4 is 4.74 Å². The van der Waals surface area contributed by atoms with Crippen molar-refractivity contribution >= 4 is 16.9 Å². The Hall–Kier alpha value is -3.72. The van der Waals surface area contributed by atoms with Gasteiger partial charge in [0.25, 0.3) is 5.91 Å². The highest BCUT2D eigenvalue weighted by atomic mass is 16.5. The first-order valence-electron chi connectivity index (χ1n) is 11.0. The molecule has 0 atom stereocenters. The van der Waals surface area contributed by atoms with Crippen molar-refractivity contribution in [1.82, 2.24) is 24.6 Å². The molecule has 9 nitrogen and oxygen atoms in total. The van der Waals surface area contributed by atoms with Gasteiger partial charge in [0.1, 0.15) is 17.9 Å². The summed E-state index contributed by atoms with van der Waals surface area (Å²) in [6.45, 7) is 7.21. The number of hydrogen-bond acceptors (Lipinski definition) is 7. The zero-order valence-corrected chi connectivity index (χ0v) is 18.7. The highest BCUT2D eigenvalue weighted by Crippen LogP contribution is 2.41.